The molecular formula is C18H10ClFN4O2S. The van der Waals surface area contributed by atoms with Crippen LogP contribution in [0.25, 0.3) is 16.8 Å². The average Bonchev–Trinajstić information content (AvgIpc) is 3.15. The molecule has 0 fully saturated rings. The number of thiazole rings is 1. The first-order valence-electron chi connectivity index (χ1n) is 7.50. The van der Waals surface area contributed by atoms with Crippen LogP contribution in [0.3, 0.4) is 0 Å². The first-order chi connectivity index (χ1) is 13.0. The number of nitro benzene ring substituents is 1. The van der Waals surface area contributed by atoms with Gasteiger partial charge in [-0.2, -0.15) is 5.26 Å². The Labute approximate surface area is 162 Å². The minimum atomic E-state index is -0.528. The Morgan fingerprint density at radius 1 is 1.33 bits per heavy atom. The van der Waals surface area contributed by atoms with Gasteiger partial charge in [0.1, 0.15) is 22.5 Å². The van der Waals surface area contributed by atoms with Crippen molar-refractivity contribution in [1.82, 2.24) is 4.98 Å². The van der Waals surface area contributed by atoms with Gasteiger partial charge in [0.15, 0.2) is 0 Å². The summed E-state index contributed by atoms with van der Waals surface area (Å²) >= 11 is 7.00. The van der Waals surface area contributed by atoms with Gasteiger partial charge in [-0.05, 0) is 30.3 Å². The van der Waals surface area contributed by atoms with Crippen LogP contribution in [0.5, 0.6) is 0 Å². The van der Waals surface area contributed by atoms with Crippen molar-refractivity contribution in [1.29, 1.82) is 5.26 Å². The summed E-state index contributed by atoms with van der Waals surface area (Å²) in [7, 11) is 0. The number of allylic oxidation sites excluding steroid dienone is 1. The monoisotopic (exact) mass is 400 g/mol. The quantitative estimate of drug-likeness (QED) is 0.347. The molecule has 0 amide bonds. The van der Waals surface area contributed by atoms with Gasteiger partial charge in [-0.3, -0.25) is 10.1 Å². The van der Waals surface area contributed by atoms with E-state index in [1.54, 1.807) is 17.5 Å². The molecule has 1 N–H and O–H groups in total. The average molecular weight is 401 g/mol. The van der Waals surface area contributed by atoms with Crippen molar-refractivity contribution in [3.8, 4) is 17.3 Å². The van der Waals surface area contributed by atoms with Gasteiger partial charge in [0.2, 0.25) is 0 Å². The molecule has 0 saturated carbocycles. The summed E-state index contributed by atoms with van der Waals surface area (Å²) in [5.41, 5.74) is 2.12. The SMILES string of the molecule is N#C/C(=C\Nc1ccc(F)c(Cl)c1)c1nc(-c2ccc([N+](=O)[O-])cc2)cs1. The number of anilines is 1. The Balaban J connectivity index is 1.81. The predicted molar refractivity (Wildman–Crippen MR) is 103 cm³/mol. The lowest BCUT2D eigenvalue weighted by Crippen LogP contribution is -1.92. The van der Waals surface area contributed by atoms with Crippen molar-refractivity contribution in [2.24, 2.45) is 0 Å². The van der Waals surface area contributed by atoms with E-state index in [9.17, 15) is 19.8 Å². The van der Waals surface area contributed by atoms with E-state index in [0.717, 1.165) is 0 Å². The molecule has 0 unspecified atom stereocenters. The first kappa shape index (κ1) is 18.5. The summed E-state index contributed by atoms with van der Waals surface area (Å²) < 4.78 is 13.2. The van der Waals surface area contributed by atoms with Crippen molar-refractivity contribution in [3.05, 3.63) is 80.0 Å². The third-order valence-corrected chi connectivity index (χ3v) is 4.70. The number of aromatic nitrogens is 1. The molecule has 0 radical (unpaired) electrons. The van der Waals surface area contributed by atoms with Crippen LogP contribution in [0.1, 0.15) is 5.01 Å². The van der Waals surface area contributed by atoms with Gasteiger partial charge in [-0.1, -0.05) is 11.6 Å². The highest BCUT2D eigenvalue weighted by molar-refractivity contribution is 7.11. The van der Waals surface area contributed by atoms with Gasteiger partial charge < -0.3 is 5.32 Å². The number of hydrogen-bond donors (Lipinski definition) is 1. The van der Waals surface area contributed by atoms with Crippen LogP contribution in [-0.4, -0.2) is 9.91 Å². The summed E-state index contributed by atoms with van der Waals surface area (Å²) in [6, 6.07) is 12.2. The zero-order valence-corrected chi connectivity index (χ0v) is 15.1. The lowest BCUT2D eigenvalue weighted by molar-refractivity contribution is -0.384. The highest BCUT2D eigenvalue weighted by atomic mass is 35.5. The van der Waals surface area contributed by atoms with Crippen LogP contribution in [0.4, 0.5) is 15.8 Å². The van der Waals surface area contributed by atoms with Gasteiger partial charge in [0, 0.05) is 35.0 Å². The number of benzene rings is 2. The van der Waals surface area contributed by atoms with E-state index < -0.39 is 10.7 Å². The maximum absolute atomic E-state index is 13.2. The van der Waals surface area contributed by atoms with Crippen molar-refractivity contribution in [2.45, 2.75) is 0 Å². The molecule has 0 aliphatic carbocycles. The standard InChI is InChI=1S/C18H10ClFN4O2S/c19-15-7-13(3-6-16(15)20)22-9-12(8-21)18-23-17(10-27-18)11-1-4-14(5-2-11)24(25)26/h1-7,9-10,22H/b12-9+. The molecule has 0 aliphatic heterocycles. The summed E-state index contributed by atoms with van der Waals surface area (Å²) in [6.45, 7) is 0. The van der Waals surface area contributed by atoms with E-state index in [0.29, 0.717) is 22.0 Å². The molecule has 0 spiro atoms. The minimum Gasteiger partial charge on any atom is -0.360 e. The maximum Gasteiger partial charge on any atom is 0.269 e. The Bertz CT molecular complexity index is 1070. The third-order valence-electron chi connectivity index (χ3n) is 3.53. The fraction of sp³-hybridized carbons (Fsp3) is 0. The molecular weight excluding hydrogens is 391 g/mol. The molecule has 3 rings (SSSR count). The molecule has 2 aromatic carbocycles. The van der Waals surface area contributed by atoms with Crippen molar-refractivity contribution >= 4 is 39.9 Å². The Morgan fingerprint density at radius 3 is 2.70 bits per heavy atom. The predicted octanol–water partition coefficient (Wildman–Crippen LogP) is 5.49. The number of non-ortho nitro benzene ring substituents is 1. The molecule has 1 aromatic heterocycles. The number of hydrogen-bond acceptors (Lipinski definition) is 6. The minimum absolute atomic E-state index is 0.00558. The third kappa shape index (κ3) is 4.28. The molecule has 27 heavy (non-hydrogen) atoms. The van der Waals surface area contributed by atoms with E-state index in [-0.39, 0.29) is 16.3 Å². The van der Waals surface area contributed by atoms with Gasteiger partial charge in [-0.25, -0.2) is 9.37 Å². The zero-order chi connectivity index (χ0) is 19.4. The van der Waals surface area contributed by atoms with Crippen LogP contribution in [-0.2, 0) is 0 Å². The van der Waals surface area contributed by atoms with E-state index in [1.807, 2.05) is 0 Å². The second-order valence-electron chi connectivity index (χ2n) is 5.28. The van der Waals surface area contributed by atoms with Crippen LogP contribution < -0.4 is 5.32 Å². The fourth-order valence-corrected chi connectivity index (χ4v) is 3.14. The highest BCUT2D eigenvalue weighted by Gasteiger charge is 2.11. The van der Waals surface area contributed by atoms with E-state index >= 15 is 0 Å². The molecule has 0 saturated heterocycles. The molecule has 134 valence electrons. The topological polar surface area (TPSA) is 91.8 Å². The smallest absolute Gasteiger partial charge is 0.269 e. The summed E-state index contributed by atoms with van der Waals surface area (Å²) in [5.74, 6) is -0.528. The molecule has 6 nitrogen and oxygen atoms in total. The summed E-state index contributed by atoms with van der Waals surface area (Å²) in [6.07, 6.45) is 1.46. The van der Waals surface area contributed by atoms with Gasteiger partial charge in [0.05, 0.1) is 15.6 Å². The van der Waals surface area contributed by atoms with Crippen LogP contribution in [0.15, 0.2) is 54.0 Å². The van der Waals surface area contributed by atoms with Crippen LogP contribution >= 0.6 is 22.9 Å². The number of rotatable bonds is 5. The second-order valence-corrected chi connectivity index (χ2v) is 6.55. The van der Waals surface area contributed by atoms with Crippen LogP contribution in [0, 0.1) is 27.3 Å². The number of nitriles is 1. The maximum atomic E-state index is 13.2. The molecule has 1 heterocycles. The first-order valence-corrected chi connectivity index (χ1v) is 8.76. The fourth-order valence-electron chi connectivity index (χ4n) is 2.17. The lowest BCUT2D eigenvalue weighted by Gasteiger charge is -2.02. The molecule has 3 aromatic rings. The van der Waals surface area contributed by atoms with E-state index in [1.165, 1.54) is 47.9 Å². The molecule has 0 atom stereocenters. The van der Waals surface area contributed by atoms with Gasteiger partial charge in [-0.15, -0.1) is 11.3 Å². The Hall–Kier alpha value is -3.28. The second kappa shape index (κ2) is 7.95. The molecule has 9 heteroatoms. The van der Waals surface area contributed by atoms with Crippen molar-refractivity contribution in [3.63, 3.8) is 0 Å². The summed E-state index contributed by atoms with van der Waals surface area (Å²) in [5, 5.41) is 25.2. The number of halogens is 2. The molecule has 0 bridgehead atoms. The number of nitrogens with one attached hydrogen (secondary N) is 1. The highest BCUT2D eigenvalue weighted by Crippen LogP contribution is 2.27. The van der Waals surface area contributed by atoms with Gasteiger partial charge >= 0.3 is 0 Å². The molecule has 0 aliphatic rings. The largest absolute Gasteiger partial charge is 0.360 e. The van der Waals surface area contributed by atoms with Crippen molar-refractivity contribution in [2.75, 3.05) is 5.32 Å². The number of nitro groups is 1. The normalized spacial score (nSPS) is 11.1. The van der Waals surface area contributed by atoms with Crippen molar-refractivity contribution < 1.29 is 9.31 Å². The Morgan fingerprint density at radius 2 is 2.07 bits per heavy atom. The Kier molecular flexibility index (Phi) is 5.45. The van der Waals surface area contributed by atoms with E-state index in [4.69, 9.17) is 11.6 Å². The van der Waals surface area contributed by atoms with Crippen LogP contribution in [0.2, 0.25) is 5.02 Å². The zero-order valence-electron chi connectivity index (χ0n) is 13.5. The number of nitrogens with zero attached hydrogens (tertiary/aromatic N) is 3. The summed E-state index contributed by atoms with van der Waals surface area (Å²) in [4.78, 5) is 14.7. The van der Waals surface area contributed by atoms with E-state index in [2.05, 4.69) is 16.4 Å². The van der Waals surface area contributed by atoms with Gasteiger partial charge in [0.25, 0.3) is 5.69 Å². The lowest BCUT2D eigenvalue weighted by atomic mass is 10.1.